The van der Waals surface area contributed by atoms with Gasteiger partial charge in [-0.2, -0.15) is 0 Å². The Morgan fingerprint density at radius 1 is 0.909 bits per heavy atom. The lowest BCUT2D eigenvalue weighted by Crippen LogP contribution is -2.20. The van der Waals surface area contributed by atoms with Gasteiger partial charge in [0.1, 0.15) is 5.75 Å². The Morgan fingerprint density at radius 2 is 1.52 bits per heavy atom. The second-order valence-electron chi connectivity index (χ2n) is 8.97. The van der Waals surface area contributed by atoms with Gasteiger partial charge in [0.15, 0.2) is 6.61 Å². The molecule has 0 radical (unpaired) electrons. The smallest absolute Gasteiger partial charge is 0.262 e. The highest BCUT2D eigenvalue weighted by molar-refractivity contribution is 5.92. The first-order chi connectivity index (χ1) is 15.8. The van der Waals surface area contributed by atoms with Gasteiger partial charge in [-0.25, -0.2) is 0 Å². The molecule has 4 rings (SSSR count). The molecule has 1 aromatic heterocycles. The second kappa shape index (κ2) is 9.28. The fourth-order valence-electron chi connectivity index (χ4n) is 3.32. The Balaban J connectivity index is 1.37. The molecular weight excluding hydrogens is 414 g/mol. The highest BCUT2D eigenvalue weighted by Gasteiger charge is 2.15. The standard InChI is InChI=1S/C27H27N3O3/c1-18-6-5-7-23(16-18)32-17-24(31)28-22-14-10-20(11-15-22)26-30-29-25(33-26)19-8-12-21(13-9-19)27(2,3)4/h5-16H,17H2,1-4H3,(H,28,31). The van der Waals surface area contributed by atoms with Crippen molar-refractivity contribution in [2.75, 3.05) is 11.9 Å². The Hall–Kier alpha value is -3.93. The van der Waals surface area contributed by atoms with Crippen molar-refractivity contribution >= 4 is 11.6 Å². The van der Waals surface area contributed by atoms with Gasteiger partial charge in [0.2, 0.25) is 11.8 Å². The molecule has 0 atom stereocenters. The van der Waals surface area contributed by atoms with Gasteiger partial charge in [-0.05, 0) is 72.0 Å². The number of rotatable bonds is 6. The van der Waals surface area contributed by atoms with E-state index in [0.29, 0.717) is 23.2 Å². The normalized spacial score (nSPS) is 11.3. The molecule has 1 heterocycles. The zero-order valence-electron chi connectivity index (χ0n) is 19.3. The van der Waals surface area contributed by atoms with Crippen molar-refractivity contribution in [3.63, 3.8) is 0 Å². The summed E-state index contributed by atoms with van der Waals surface area (Å²) >= 11 is 0. The minimum absolute atomic E-state index is 0.0633. The molecule has 168 valence electrons. The number of carbonyl (C=O) groups is 1. The fraction of sp³-hybridized carbons (Fsp3) is 0.222. The number of aromatic nitrogens is 2. The van der Waals surface area contributed by atoms with Gasteiger partial charge in [-0.3, -0.25) is 4.79 Å². The number of aryl methyl sites for hydroxylation is 1. The molecule has 0 bridgehead atoms. The van der Waals surface area contributed by atoms with Crippen LogP contribution < -0.4 is 10.1 Å². The van der Waals surface area contributed by atoms with Crippen LogP contribution in [0.15, 0.2) is 77.2 Å². The van der Waals surface area contributed by atoms with Crippen molar-refractivity contribution in [1.82, 2.24) is 10.2 Å². The van der Waals surface area contributed by atoms with Gasteiger partial charge in [0.05, 0.1) is 0 Å². The summed E-state index contributed by atoms with van der Waals surface area (Å²) in [6.07, 6.45) is 0. The quantitative estimate of drug-likeness (QED) is 0.395. The number of ether oxygens (including phenoxy) is 1. The van der Waals surface area contributed by atoms with Crippen LogP contribution in [0.3, 0.4) is 0 Å². The number of hydrogen-bond donors (Lipinski definition) is 1. The van der Waals surface area contributed by atoms with Crippen LogP contribution in [0.25, 0.3) is 22.9 Å². The third-order valence-corrected chi connectivity index (χ3v) is 5.20. The predicted molar refractivity (Wildman–Crippen MR) is 129 cm³/mol. The van der Waals surface area contributed by atoms with Crippen LogP contribution in [0, 0.1) is 6.92 Å². The van der Waals surface area contributed by atoms with Gasteiger partial charge >= 0.3 is 0 Å². The van der Waals surface area contributed by atoms with E-state index in [0.717, 1.165) is 16.7 Å². The van der Waals surface area contributed by atoms with Crippen molar-refractivity contribution in [3.8, 4) is 28.7 Å². The van der Waals surface area contributed by atoms with Crippen LogP contribution >= 0.6 is 0 Å². The second-order valence-corrected chi connectivity index (χ2v) is 8.97. The van der Waals surface area contributed by atoms with Crippen LogP contribution in [0.2, 0.25) is 0 Å². The fourth-order valence-corrected chi connectivity index (χ4v) is 3.32. The van der Waals surface area contributed by atoms with Gasteiger partial charge < -0.3 is 14.5 Å². The minimum atomic E-state index is -0.233. The van der Waals surface area contributed by atoms with Gasteiger partial charge in [-0.15, -0.1) is 10.2 Å². The Labute approximate surface area is 193 Å². The minimum Gasteiger partial charge on any atom is -0.484 e. The van der Waals surface area contributed by atoms with Crippen LogP contribution in [0.4, 0.5) is 5.69 Å². The van der Waals surface area contributed by atoms with E-state index >= 15 is 0 Å². The maximum atomic E-state index is 12.2. The molecule has 0 fully saturated rings. The summed E-state index contributed by atoms with van der Waals surface area (Å²) in [6, 6.07) is 23.0. The molecule has 1 amide bonds. The number of carbonyl (C=O) groups excluding carboxylic acids is 1. The molecule has 0 aliphatic carbocycles. The summed E-state index contributed by atoms with van der Waals surface area (Å²) < 4.78 is 11.4. The zero-order valence-corrected chi connectivity index (χ0v) is 19.3. The van der Waals surface area contributed by atoms with Crippen molar-refractivity contribution < 1.29 is 13.9 Å². The molecule has 0 aliphatic rings. The summed E-state index contributed by atoms with van der Waals surface area (Å²) in [5.41, 5.74) is 4.72. The van der Waals surface area contributed by atoms with Gasteiger partial charge in [0, 0.05) is 16.8 Å². The number of nitrogens with zero attached hydrogens (tertiary/aromatic N) is 2. The van der Waals surface area contributed by atoms with E-state index in [-0.39, 0.29) is 17.9 Å². The number of benzene rings is 3. The van der Waals surface area contributed by atoms with Crippen molar-refractivity contribution in [2.24, 2.45) is 0 Å². The molecule has 0 saturated carbocycles. The lowest BCUT2D eigenvalue weighted by Gasteiger charge is -2.18. The first-order valence-electron chi connectivity index (χ1n) is 10.8. The van der Waals surface area contributed by atoms with E-state index in [2.05, 4.69) is 48.4 Å². The molecule has 4 aromatic rings. The number of anilines is 1. The molecule has 0 saturated heterocycles. The molecular formula is C27H27N3O3. The van der Waals surface area contributed by atoms with Crippen LogP contribution in [-0.2, 0) is 10.2 Å². The highest BCUT2D eigenvalue weighted by atomic mass is 16.5. The van der Waals surface area contributed by atoms with Crippen LogP contribution in [0.5, 0.6) is 5.75 Å². The first-order valence-corrected chi connectivity index (χ1v) is 10.8. The Kier molecular flexibility index (Phi) is 6.27. The molecule has 1 N–H and O–H groups in total. The summed E-state index contributed by atoms with van der Waals surface area (Å²) in [7, 11) is 0. The van der Waals surface area contributed by atoms with Crippen LogP contribution in [0.1, 0.15) is 31.9 Å². The van der Waals surface area contributed by atoms with E-state index in [4.69, 9.17) is 9.15 Å². The number of nitrogens with one attached hydrogen (secondary N) is 1. The summed E-state index contributed by atoms with van der Waals surface area (Å²) in [5.74, 6) is 1.32. The molecule has 6 nitrogen and oxygen atoms in total. The summed E-state index contributed by atoms with van der Waals surface area (Å²) in [4.78, 5) is 12.2. The zero-order chi connectivity index (χ0) is 23.4. The van der Waals surface area contributed by atoms with Crippen molar-refractivity contribution in [3.05, 3.63) is 83.9 Å². The summed E-state index contributed by atoms with van der Waals surface area (Å²) in [5, 5.41) is 11.2. The first kappa shape index (κ1) is 22.3. The third-order valence-electron chi connectivity index (χ3n) is 5.20. The largest absolute Gasteiger partial charge is 0.484 e. The van der Waals surface area contributed by atoms with Crippen LogP contribution in [-0.4, -0.2) is 22.7 Å². The topological polar surface area (TPSA) is 77.2 Å². The lowest BCUT2D eigenvalue weighted by atomic mass is 9.87. The molecule has 0 aliphatic heterocycles. The maximum Gasteiger partial charge on any atom is 0.262 e. The van der Waals surface area contributed by atoms with Crippen molar-refractivity contribution in [2.45, 2.75) is 33.1 Å². The lowest BCUT2D eigenvalue weighted by molar-refractivity contribution is -0.118. The summed E-state index contributed by atoms with van der Waals surface area (Å²) in [6.45, 7) is 8.44. The monoisotopic (exact) mass is 441 g/mol. The van der Waals surface area contributed by atoms with E-state index in [9.17, 15) is 4.79 Å². The van der Waals surface area contributed by atoms with Crippen molar-refractivity contribution in [1.29, 1.82) is 0 Å². The highest BCUT2D eigenvalue weighted by Crippen LogP contribution is 2.28. The number of hydrogen-bond acceptors (Lipinski definition) is 5. The van der Waals surface area contributed by atoms with E-state index in [1.165, 1.54) is 5.56 Å². The SMILES string of the molecule is Cc1cccc(OCC(=O)Nc2ccc(-c3nnc(-c4ccc(C(C)(C)C)cc4)o3)cc2)c1. The van der Waals surface area contributed by atoms with Gasteiger partial charge in [-0.1, -0.05) is 45.0 Å². The molecule has 0 spiro atoms. The molecule has 6 heteroatoms. The Morgan fingerprint density at radius 3 is 2.09 bits per heavy atom. The van der Waals surface area contributed by atoms with E-state index in [1.807, 2.05) is 55.5 Å². The van der Waals surface area contributed by atoms with E-state index < -0.39 is 0 Å². The van der Waals surface area contributed by atoms with Gasteiger partial charge in [0.25, 0.3) is 5.91 Å². The Bertz CT molecular complexity index is 1240. The predicted octanol–water partition coefficient (Wildman–Crippen LogP) is 6.03. The number of amides is 1. The molecule has 3 aromatic carbocycles. The molecule has 0 unspecified atom stereocenters. The average Bonchev–Trinajstić information content (AvgIpc) is 3.28. The molecule has 33 heavy (non-hydrogen) atoms. The van der Waals surface area contributed by atoms with E-state index in [1.54, 1.807) is 12.1 Å². The maximum absolute atomic E-state index is 12.2. The average molecular weight is 442 g/mol. The third kappa shape index (κ3) is 5.66.